The lowest BCUT2D eigenvalue weighted by atomic mass is 10.2. The Hall–Kier alpha value is -2.85. The van der Waals surface area contributed by atoms with Gasteiger partial charge in [-0.25, -0.2) is 0 Å². The summed E-state index contributed by atoms with van der Waals surface area (Å²) in [5.41, 5.74) is 10.2. The van der Waals surface area contributed by atoms with Crippen molar-refractivity contribution in [1.29, 1.82) is 0 Å². The number of aldehydes is 1. The molecule has 0 atom stereocenters. The summed E-state index contributed by atoms with van der Waals surface area (Å²) >= 11 is 0. The minimum atomic E-state index is 0.0294. The highest BCUT2D eigenvalue weighted by atomic mass is 16.1. The molecule has 0 spiro atoms. The van der Waals surface area contributed by atoms with Crippen LogP contribution in [0.25, 0.3) is 16.5 Å². The quantitative estimate of drug-likeness (QED) is 0.270. The van der Waals surface area contributed by atoms with Crippen molar-refractivity contribution in [3.63, 3.8) is 0 Å². The van der Waals surface area contributed by atoms with Crippen molar-refractivity contribution in [2.24, 2.45) is 5.11 Å². The molecule has 0 radical (unpaired) electrons. The van der Waals surface area contributed by atoms with E-state index in [0.29, 0.717) is 18.4 Å². The lowest BCUT2D eigenvalue weighted by Crippen LogP contribution is -1.99. The molecule has 2 aromatic rings. The van der Waals surface area contributed by atoms with Gasteiger partial charge in [0, 0.05) is 16.7 Å². The van der Waals surface area contributed by atoms with Gasteiger partial charge in [-0.2, -0.15) is 5.10 Å². The number of carbonyl (C=O) groups is 1. The smallest absolute Gasteiger partial charge is 0.152 e. The number of hydrogen-bond acceptors (Lipinski definition) is 3. The van der Waals surface area contributed by atoms with Crippen LogP contribution >= 0.6 is 0 Å². The summed E-state index contributed by atoms with van der Waals surface area (Å²) in [5.74, 6) is 0. The summed E-state index contributed by atoms with van der Waals surface area (Å²) in [7, 11) is 0. The molecule has 2 rings (SSSR count). The van der Waals surface area contributed by atoms with E-state index in [0.717, 1.165) is 5.56 Å². The third-order valence-electron chi connectivity index (χ3n) is 2.44. The van der Waals surface area contributed by atoms with Crippen LogP contribution in [0, 0.1) is 0 Å². The topological polar surface area (TPSA) is 83.7 Å². The summed E-state index contributed by atoms with van der Waals surface area (Å²) in [6, 6.07) is 9.90. The van der Waals surface area contributed by atoms with E-state index in [-0.39, 0.29) is 5.70 Å². The molecule has 6 nitrogen and oxygen atoms in total. The van der Waals surface area contributed by atoms with Gasteiger partial charge in [0.1, 0.15) is 0 Å². The molecule has 0 saturated carbocycles. The van der Waals surface area contributed by atoms with Crippen molar-refractivity contribution < 1.29 is 4.79 Å². The van der Waals surface area contributed by atoms with Crippen molar-refractivity contribution in [3.05, 3.63) is 70.0 Å². The Labute approximate surface area is 109 Å². The Kier molecular flexibility index (Phi) is 4.10. The molecule has 0 aliphatic heterocycles. The van der Waals surface area contributed by atoms with Gasteiger partial charge in [0.2, 0.25) is 0 Å². The minimum Gasteiger partial charge on any atom is -0.298 e. The van der Waals surface area contributed by atoms with Crippen molar-refractivity contribution in [2.45, 2.75) is 6.54 Å². The first-order valence-electron chi connectivity index (χ1n) is 5.60. The molecule has 0 N–H and O–H groups in total. The Balaban J connectivity index is 2.15. The maximum absolute atomic E-state index is 10.6. The summed E-state index contributed by atoms with van der Waals surface area (Å²) in [6.07, 6.45) is 5.39. The Morgan fingerprint density at radius 1 is 1.42 bits per heavy atom. The fourth-order valence-electron chi connectivity index (χ4n) is 1.62. The van der Waals surface area contributed by atoms with Crippen LogP contribution in [-0.2, 0) is 11.3 Å². The van der Waals surface area contributed by atoms with Crippen LogP contribution in [0.2, 0.25) is 0 Å². The van der Waals surface area contributed by atoms with Gasteiger partial charge in [-0.1, -0.05) is 35.4 Å². The maximum atomic E-state index is 10.6. The molecule has 0 saturated heterocycles. The summed E-state index contributed by atoms with van der Waals surface area (Å²) < 4.78 is 1.75. The first kappa shape index (κ1) is 12.6. The van der Waals surface area contributed by atoms with Crippen LogP contribution in [0.4, 0.5) is 0 Å². The highest BCUT2D eigenvalue weighted by Crippen LogP contribution is 2.08. The van der Waals surface area contributed by atoms with Crippen LogP contribution in [-0.4, -0.2) is 16.1 Å². The molecular weight excluding hydrogens is 242 g/mol. The molecule has 1 aromatic carbocycles. The molecule has 0 aliphatic rings. The molecule has 1 heterocycles. The minimum absolute atomic E-state index is 0.0294. The molecule has 94 valence electrons. The average molecular weight is 253 g/mol. The SMILES string of the molecule is [N-]=[N+]=N/C(C=O)=C\c1cnn(Cc2ccccc2)c1. The Morgan fingerprint density at radius 3 is 2.89 bits per heavy atom. The van der Waals surface area contributed by atoms with Gasteiger partial charge in [-0.15, -0.1) is 0 Å². The highest BCUT2D eigenvalue weighted by molar-refractivity contribution is 5.80. The van der Waals surface area contributed by atoms with Crippen LogP contribution in [0.15, 0.2) is 53.5 Å². The van der Waals surface area contributed by atoms with E-state index < -0.39 is 0 Å². The Morgan fingerprint density at radius 2 is 2.21 bits per heavy atom. The number of aromatic nitrogens is 2. The number of azide groups is 1. The summed E-state index contributed by atoms with van der Waals surface area (Å²) in [4.78, 5) is 13.2. The highest BCUT2D eigenvalue weighted by Gasteiger charge is 1.99. The zero-order valence-electron chi connectivity index (χ0n) is 10.0. The predicted octanol–water partition coefficient (Wildman–Crippen LogP) is 2.78. The number of hydrogen-bond donors (Lipinski definition) is 0. The first-order chi connectivity index (χ1) is 9.31. The van der Waals surface area contributed by atoms with Crippen molar-refractivity contribution in [1.82, 2.24) is 9.78 Å². The van der Waals surface area contributed by atoms with E-state index in [1.807, 2.05) is 30.3 Å². The molecule has 0 amide bonds. The molecule has 0 bridgehead atoms. The monoisotopic (exact) mass is 253 g/mol. The zero-order chi connectivity index (χ0) is 13.5. The lowest BCUT2D eigenvalue weighted by molar-refractivity contribution is -0.104. The fraction of sp³-hybridized carbons (Fsp3) is 0.0769. The van der Waals surface area contributed by atoms with Crippen LogP contribution in [0.5, 0.6) is 0 Å². The van der Waals surface area contributed by atoms with E-state index >= 15 is 0 Å². The van der Waals surface area contributed by atoms with Gasteiger partial charge >= 0.3 is 0 Å². The fourth-order valence-corrected chi connectivity index (χ4v) is 1.62. The van der Waals surface area contributed by atoms with Gasteiger partial charge in [-0.05, 0) is 17.2 Å². The average Bonchev–Trinajstić information content (AvgIpc) is 2.86. The molecule has 19 heavy (non-hydrogen) atoms. The third kappa shape index (κ3) is 3.55. The Bertz CT molecular complexity index is 638. The van der Waals surface area contributed by atoms with Crippen molar-refractivity contribution in [2.75, 3.05) is 0 Å². The van der Waals surface area contributed by atoms with E-state index in [2.05, 4.69) is 15.1 Å². The summed E-state index contributed by atoms with van der Waals surface area (Å²) in [6.45, 7) is 0.645. The molecule has 0 fully saturated rings. The van der Waals surface area contributed by atoms with Crippen LogP contribution < -0.4 is 0 Å². The molecule has 6 heteroatoms. The van der Waals surface area contributed by atoms with Crippen molar-refractivity contribution >= 4 is 12.4 Å². The molecule has 0 aliphatic carbocycles. The predicted molar refractivity (Wildman–Crippen MR) is 71.0 cm³/mol. The number of allylic oxidation sites excluding steroid dienone is 1. The van der Waals surface area contributed by atoms with E-state index in [1.54, 1.807) is 17.1 Å². The zero-order valence-corrected chi connectivity index (χ0v) is 10.0. The molecular formula is C13H11N5O. The summed E-state index contributed by atoms with van der Waals surface area (Å²) in [5, 5.41) is 7.45. The van der Waals surface area contributed by atoms with E-state index in [9.17, 15) is 4.79 Å². The second kappa shape index (κ2) is 6.18. The number of rotatable bonds is 5. The van der Waals surface area contributed by atoms with Gasteiger partial charge in [0.05, 0.1) is 18.4 Å². The van der Waals surface area contributed by atoms with Crippen molar-refractivity contribution in [3.8, 4) is 0 Å². The number of carbonyl (C=O) groups excluding carboxylic acids is 1. The first-order valence-corrected chi connectivity index (χ1v) is 5.60. The van der Waals surface area contributed by atoms with Crippen LogP contribution in [0.1, 0.15) is 11.1 Å². The number of benzene rings is 1. The van der Waals surface area contributed by atoms with Gasteiger partial charge in [0.25, 0.3) is 0 Å². The largest absolute Gasteiger partial charge is 0.298 e. The van der Waals surface area contributed by atoms with E-state index in [1.165, 1.54) is 6.08 Å². The van der Waals surface area contributed by atoms with Crippen LogP contribution in [0.3, 0.4) is 0 Å². The molecule has 1 aromatic heterocycles. The lowest BCUT2D eigenvalue weighted by Gasteiger charge is -2.00. The van der Waals surface area contributed by atoms with E-state index in [4.69, 9.17) is 5.53 Å². The normalized spacial score (nSPS) is 10.8. The second-order valence-electron chi connectivity index (χ2n) is 3.83. The maximum Gasteiger partial charge on any atom is 0.152 e. The van der Waals surface area contributed by atoms with Gasteiger partial charge < -0.3 is 0 Å². The molecule has 0 unspecified atom stereocenters. The standard InChI is InChI=1S/C13H11N5O/c14-17-16-13(10-19)6-12-7-15-18(9-12)8-11-4-2-1-3-5-11/h1-7,9-10H,8H2/b13-6-. The van der Waals surface area contributed by atoms with Gasteiger partial charge in [0.15, 0.2) is 6.29 Å². The van der Waals surface area contributed by atoms with Gasteiger partial charge in [-0.3, -0.25) is 9.48 Å². The third-order valence-corrected chi connectivity index (χ3v) is 2.44. The number of nitrogens with zero attached hydrogens (tertiary/aromatic N) is 5. The second-order valence-corrected chi connectivity index (χ2v) is 3.83.